The molecule has 2 aliphatic rings. The van der Waals surface area contributed by atoms with E-state index in [1.165, 1.54) is 27.8 Å². The first-order chi connectivity index (χ1) is 13.3. The van der Waals surface area contributed by atoms with Gasteiger partial charge in [-0.1, -0.05) is 0 Å². The fourth-order valence-electron chi connectivity index (χ4n) is 4.87. The molecule has 3 heteroatoms. The summed E-state index contributed by atoms with van der Waals surface area (Å²) in [6.45, 7) is 0. The molecule has 0 radical (unpaired) electrons. The Bertz CT molecular complexity index is 1050. The van der Waals surface area contributed by atoms with Crippen molar-refractivity contribution in [1.29, 1.82) is 0 Å². The van der Waals surface area contributed by atoms with Crippen molar-refractivity contribution in [2.75, 3.05) is 0 Å². The van der Waals surface area contributed by atoms with E-state index < -0.39 is 19.5 Å². The molecule has 0 aromatic heterocycles. The van der Waals surface area contributed by atoms with Crippen molar-refractivity contribution < 1.29 is 19.5 Å². The zero-order chi connectivity index (χ0) is 18.3. The molecular formula is C26H25Cl2Hf. The van der Waals surface area contributed by atoms with Crippen molar-refractivity contribution in [3.63, 3.8) is 0 Å². The van der Waals surface area contributed by atoms with Crippen LogP contribution in [0.4, 0.5) is 0 Å². The third-order valence-corrected chi connectivity index (χ3v) is 22.9. The van der Waals surface area contributed by atoms with E-state index >= 15 is 0 Å². The number of benzene rings is 3. The molecule has 0 nitrogen and oxygen atoms in total. The van der Waals surface area contributed by atoms with Gasteiger partial charge < -0.3 is 0 Å². The molecule has 0 saturated carbocycles. The van der Waals surface area contributed by atoms with Gasteiger partial charge in [0.25, 0.3) is 0 Å². The number of hydrogen-bond donors (Lipinski definition) is 0. The van der Waals surface area contributed by atoms with Crippen LogP contribution in [0.1, 0.15) is 35.2 Å². The van der Waals surface area contributed by atoms with E-state index in [0.717, 1.165) is 0 Å². The Kier molecular flexibility index (Phi) is 6.94. The van der Waals surface area contributed by atoms with Crippen LogP contribution in [0, 0.1) is 0 Å². The van der Waals surface area contributed by atoms with Gasteiger partial charge in [-0.05, 0) is 0 Å². The number of halogens is 2. The number of fused-ring (bicyclic) bond motifs is 2. The van der Waals surface area contributed by atoms with Crippen molar-refractivity contribution in [2.45, 2.75) is 12.0 Å². The van der Waals surface area contributed by atoms with E-state index in [2.05, 4.69) is 112 Å². The van der Waals surface area contributed by atoms with Crippen LogP contribution in [0.15, 0.2) is 91.0 Å². The van der Waals surface area contributed by atoms with Gasteiger partial charge in [-0.15, -0.1) is 24.8 Å². The maximum atomic E-state index is 2.71. The fraction of sp³-hybridized carbons (Fsp3) is 0.115. The van der Waals surface area contributed by atoms with Crippen molar-refractivity contribution in [3.8, 4) is 0 Å². The monoisotopic (exact) mass is 587 g/mol. The molecule has 0 amide bonds. The molecule has 3 aromatic rings. The molecule has 2 aliphatic carbocycles. The summed E-state index contributed by atoms with van der Waals surface area (Å²) in [4.78, 5) is 0. The zero-order valence-electron chi connectivity index (χ0n) is 16.4. The number of hydrogen-bond acceptors (Lipinski definition) is 0. The van der Waals surface area contributed by atoms with Crippen molar-refractivity contribution in [3.05, 3.63) is 119 Å². The Labute approximate surface area is 190 Å². The SMILES string of the molecule is Cl.Cl.[CH3][Hf](=[CH]c1ccccc1)([CH]1C=Cc2ccccc21)[CH]1C=Cc2ccccc21. The summed E-state index contributed by atoms with van der Waals surface area (Å²) >= 11 is -3.05. The Balaban J connectivity index is 0.00000120. The van der Waals surface area contributed by atoms with E-state index in [9.17, 15) is 0 Å². The average Bonchev–Trinajstić information content (AvgIpc) is 3.34. The molecule has 5 rings (SSSR count). The molecule has 0 heterocycles. The van der Waals surface area contributed by atoms with Gasteiger partial charge in [-0.25, -0.2) is 0 Å². The summed E-state index contributed by atoms with van der Waals surface area (Å²) in [5, 5.41) is 0. The van der Waals surface area contributed by atoms with Crippen LogP contribution in [0.25, 0.3) is 12.2 Å². The molecule has 3 aromatic carbocycles. The minimum absolute atomic E-state index is 0. The van der Waals surface area contributed by atoms with Crippen LogP contribution >= 0.6 is 24.8 Å². The van der Waals surface area contributed by atoms with Gasteiger partial charge in [0.05, 0.1) is 0 Å². The Morgan fingerprint density at radius 1 is 0.621 bits per heavy atom. The Morgan fingerprint density at radius 3 is 1.59 bits per heavy atom. The molecule has 29 heavy (non-hydrogen) atoms. The Hall–Kier alpha value is -1.54. The van der Waals surface area contributed by atoms with Gasteiger partial charge in [0.15, 0.2) is 0 Å². The minimum atomic E-state index is -3.05. The first-order valence-electron chi connectivity index (χ1n) is 9.71. The summed E-state index contributed by atoms with van der Waals surface area (Å²) in [7, 11) is 0. The van der Waals surface area contributed by atoms with Gasteiger partial charge in [0.2, 0.25) is 0 Å². The predicted molar refractivity (Wildman–Crippen MR) is 128 cm³/mol. The Morgan fingerprint density at radius 2 is 1.07 bits per heavy atom. The average molecular weight is 587 g/mol. The molecule has 2 unspecified atom stereocenters. The van der Waals surface area contributed by atoms with E-state index in [1.807, 2.05) is 0 Å². The van der Waals surface area contributed by atoms with Crippen LogP contribution in [-0.4, -0.2) is 3.76 Å². The van der Waals surface area contributed by atoms with Gasteiger partial charge in [0.1, 0.15) is 0 Å². The number of rotatable bonds is 3. The first kappa shape index (κ1) is 22.2. The molecule has 2 atom stereocenters. The van der Waals surface area contributed by atoms with Crippen LogP contribution < -0.4 is 0 Å². The summed E-state index contributed by atoms with van der Waals surface area (Å²) in [6.07, 6.45) is 9.70. The second-order valence-corrected chi connectivity index (χ2v) is 23.2. The van der Waals surface area contributed by atoms with E-state index in [1.54, 1.807) is 0 Å². The molecule has 0 N–H and O–H groups in total. The van der Waals surface area contributed by atoms with E-state index in [0.29, 0.717) is 7.35 Å². The van der Waals surface area contributed by atoms with E-state index in [4.69, 9.17) is 0 Å². The number of allylic oxidation sites excluding steroid dienone is 2. The maximum absolute atomic E-state index is 3.05. The topological polar surface area (TPSA) is 0 Å². The van der Waals surface area contributed by atoms with Crippen LogP contribution in [0.2, 0.25) is 4.68 Å². The molecule has 147 valence electrons. The predicted octanol–water partition coefficient (Wildman–Crippen LogP) is 7.42. The normalized spacial score (nSPS) is 20.0. The first-order valence-corrected chi connectivity index (χ1v) is 19.5. The summed E-state index contributed by atoms with van der Waals surface area (Å²) in [5.74, 6) is 0. The second kappa shape index (κ2) is 9.08. The zero-order valence-corrected chi connectivity index (χ0v) is 21.6. The molecule has 0 bridgehead atoms. The molecule has 0 fully saturated rings. The van der Waals surface area contributed by atoms with Crippen molar-refractivity contribution >= 4 is 40.7 Å². The summed E-state index contributed by atoms with van der Waals surface area (Å²) in [6, 6.07) is 28.9. The summed E-state index contributed by atoms with van der Waals surface area (Å²) < 4.78 is 6.51. The molecule has 0 aliphatic heterocycles. The third-order valence-electron chi connectivity index (χ3n) is 6.22. The van der Waals surface area contributed by atoms with Crippen molar-refractivity contribution in [2.24, 2.45) is 0 Å². The standard InChI is InChI=1S/2C9H7.C7H6.CH3.2ClH.Hf/c2*1-2-5-9-7-3-6-8(9)4-1;1-7-5-3-2-4-6-7;;;;/h2*1-7H;1-6H;1H3;2*1H;. The third kappa shape index (κ3) is 3.93. The van der Waals surface area contributed by atoms with Crippen molar-refractivity contribution in [1.82, 2.24) is 0 Å². The quantitative estimate of drug-likeness (QED) is 0.280. The van der Waals surface area contributed by atoms with Gasteiger partial charge in [-0.3, -0.25) is 0 Å². The van der Waals surface area contributed by atoms with Crippen LogP contribution in [0.5, 0.6) is 0 Å². The van der Waals surface area contributed by atoms with Gasteiger partial charge in [-0.2, -0.15) is 0 Å². The van der Waals surface area contributed by atoms with Gasteiger partial charge >= 0.3 is 166 Å². The fourth-order valence-corrected chi connectivity index (χ4v) is 21.2. The molecule has 0 spiro atoms. The molecule has 0 saturated heterocycles. The van der Waals surface area contributed by atoms with Crippen LogP contribution in [0.3, 0.4) is 0 Å². The van der Waals surface area contributed by atoms with Crippen LogP contribution in [-0.2, 0) is 19.5 Å². The van der Waals surface area contributed by atoms with Gasteiger partial charge in [0, 0.05) is 0 Å². The van der Waals surface area contributed by atoms with E-state index in [-0.39, 0.29) is 24.8 Å². The summed E-state index contributed by atoms with van der Waals surface area (Å²) in [5.41, 5.74) is 7.27. The second-order valence-electron chi connectivity index (χ2n) is 7.85. The molecular weight excluding hydrogens is 562 g/mol.